The molecule has 170 valence electrons. The van der Waals surface area contributed by atoms with Crippen molar-refractivity contribution in [3.8, 4) is 5.75 Å². The molecule has 0 saturated carbocycles. The molecule has 7 heteroatoms. The number of aryl methyl sites for hydroxylation is 2. The van der Waals surface area contributed by atoms with Crippen LogP contribution in [0.1, 0.15) is 49.4 Å². The lowest BCUT2D eigenvalue weighted by molar-refractivity contribution is -0.149. The van der Waals surface area contributed by atoms with E-state index < -0.39 is 18.5 Å². The Morgan fingerprint density at radius 1 is 0.794 bits per heavy atom. The summed E-state index contributed by atoms with van der Waals surface area (Å²) in [7, 11) is 0. The molecule has 0 bridgehead atoms. The summed E-state index contributed by atoms with van der Waals surface area (Å²) in [6.07, 6.45) is 3.18. The fraction of sp³-hybridized carbons (Fsp3) is 0.185. The predicted molar refractivity (Wildman–Crippen MR) is 123 cm³/mol. The third-order valence-corrected chi connectivity index (χ3v) is 6.02. The number of ketones is 2. The molecule has 34 heavy (non-hydrogen) atoms. The van der Waals surface area contributed by atoms with E-state index in [9.17, 15) is 19.2 Å². The molecular formula is C27H21NO6. The zero-order valence-corrected chi connectivity index (χ0v) is 18.3. The quantitative estimate of drug-likeness (QED) is 0.447. The maximum Gasteiger partial charge on any atom is 0.344 e. The molecule has 3 aromatic carbocycles. The summed E-state index contributed by atoms with van der Waals surface area (Å²) in [4.78, 5) is 50.3. The molecule has 3 aromatic rings. The monoisotopic (exact) mass is 455 g/mol. The van der Waals surface area contributed by atoms with Crippen molar-refractivity contribution in [2.24, 2.45) is 0 Å². The first-order valence-corrected chi connectivity index (χ1v) is 11.0. The van der Waals surface area contributed by atoms with Crippen LogP contribution in [0.25, 0.3) is 0 Å². The largest absolute Gasteiger partial charge is 0.482 e. The predicted octanol–water partition coefficient (Wildman–Crippen LogP) is 3.51. The average molecular weight is 455 g/mol. The van der Waals surface area contributed by atoms with Gasteiger partial charge in [0.1, 0.15) is 5.75 Å². The highest BCUT2D eigenvalue weighted by Crippen LogP contribution is 2.32. The highest BCUT2D eigenvalue weighted by molar-refractivity contribution is 6.30. The van der Waals surface area contributed by atoms with Gasteiger partial charge in [-0.3, -0.25) is 14.4 Å². The second-order valence-corrected chi connectivity index (χ2v) is 8.21. The van der Waals surface area contributed by atoms with E-state index in [1.54, 1.807) is 36.4 Å². The Bertz CT molecular complexity index is 1340. The Balaban J connectivity index is 1.20. The molecule has 0 radical (unpaired) electrons. The third kappa shape index (κ3) is 4.08. The summed E-state index contributed by atoms with van der Waals surface area (Å²) < 4.78 is 10.5. The SMILES string of the molecule is O=C(COC(=O)COc1ccc2c(c1)CCC2)Nc1cccc2c1C(=O)c1ccccc1C2=O. The smallest absolute Gasteiger partial charge is 0.344 e. The van der Waals surface area contributed by atoms with Crippen LogP contribution in [0.15, 0.2) is 60.7 Å². The molecule has 7 nitrogen and oxygen atoms in total. The minimum absolute atomic E-state index is 0.130. The minimum atomic E-state index is -0.689. The number of benzene rings is 3. The van der Waals surface area contributed by atoms with E-state index in [2.05, 4.69) is 5.32 Å². The third-order valence-electron chi connectivity index (χ3n) is 6.02. The van der Waals surface area contributed by atoms with Gasteiger partial charge in [0.05, 0.1) is 11.3 Å². The molecule has 0 unspecified atom stereocenters. The van der Waals surface area contributed by atoms with E-state index >= 15 is 0 Å². The number of hydrogen-bond donors (Lipinski definition) is 1. The number of carbonyl (C=O) groups excluding carboxylic acids is 4. The standard InChI is InChI=1S/C27H21NO6/c29-23(14-34-24(30)15-33-18-12-11-16-5-3-6-17(16)13-18)28-22-10-4-9-21-25(22)27(32)20-8-2-1-7-19(20)26(21)31/h1-2,4,7-13H,3,5-6,14-15H2,(H,28,29). The van der Waals surface area contributed by atoms with E-state index in [4.69, 9.17) is 9.47 Å². The van der Waals surface area contributed by atoms with E-state index in [1.165, 1.54) is 17.2 Å². The molecule has 0 aliphatic heterocycles. The number of fused-ring (bicyclic) bond motifs is 3. The molecule has 1 N–H and O–H groups in total. The summed E-state index contributed by atoms with van der Waals surface area (Å²) in [5.74, 6) is -1.36. The molecular weight excluding hydrogens is 434 g/mol. The van der Waals surface area contributed by atoms with Crippen molar-refractivity contribution in [2.75, 3.05) is 18.5 Å². The summed E-state index contributed by atoms with van der Waals surface area (Å²) in [5.41, 5.74) is 3.70. The summed E-state index contributed by atoms with van der Waals surface area (Å²) in [6.45, 7) is -0.870. The van der Waals surface area contributed by atoms with Gasteiger partial charge in [-0.25, -0.2) is 4.79 Å². The van der Waals surface area contributed by atoms with Crippen LogP contribution in [0, 0.1) is 0 Å². The Kier molecular flexibility index (Phi) is 5.67. The number of esters is 1. The van der Waals surface area contributed by atoms with Gasteiger partial charge in [0, 0.05) is 16.7 Å². The van der Waals surface area contributed by atoms with Gasteiger partial charge in [0.25, 0.3) is 5.91 Å². The van der Waals surface area contributed by atoms with E-state index in [0.717, 1.165) is 19.3 Å². The number of ether oxygens (including phenoxy) is 2. The zero-order valence-electron chi connectivity index (χ0n) is 18.3. The number of nitrogens with one attached hydrogen (secondary N) is 1. The molecule has 1 amide bonds. The van der Waals surface area contributed by atoms with Crippen LogP contribution < -0.4 is 10.1 Å². The first kappa shape index (κ1) is 21.6. The Hall–Kier alpha value is -4.26. The first-order chi connectivity index (χ1) is 16.5. The molecule has 0 spiro atoms. The van der Waals surface area contributed by atoms with Crippen molar-refractivity contribution in [1.29, 1.82) is 0 Å². The summed E-state index contributed by atoms with van der Waals surface area (Å²) >= 11 is 0. The summed E-state index contributed by atoms with van der Waals surface area (Å²) in [5, 5.41) is 2.58. The van der Waals surface area contributed by atoms with Gasteiger partial charge in [-0.05, 0) is 48.6 Å². The molecule has 0 saturated heterocycles. The van der Waals surface area contributed by atoms with Gasteiger partial charge in [-0.2, -0.15) is 0 Å². The maximum absolute atomic E-state index is 13.0. The van der Waals surface area contributed by atoms with Crippen LogP contribution in [0.4, 0.5) is 5.69 Å². The molecule has 0 aromatic heterocycles. The molecule has 2 aliphatic rings. The first-order valence-electron chi connectivity index (χ1n) is 11.0. The van der Waals surface area contributed by atoms with Crippen LogP contribution >= 0.6 is 0 Å². The van der Waals surface area contributed by atoms with E-state index in [1.807, 2.05) is 18.2 Å². The second kappa shape index (κ2) is 8.94. The van der Waals surface area contributed by atoms with E-state index in [-0.39, 0.29) is 40.6 Å². The highest BCUT2D eigenvalue weighted by atomic mass is 16.6. The van der Waals surface area contributed by atoms with Crippen LogP contribution in [0.5, 0.6) is 5.75 Å². The lowest BCUT2D eigenvalue weighted by Crippen LogP contribution is -2.26. The highest BCUT2D eigenvalue weighted by Gasteiger charge is 2.31. The van der Waals surface area contributed by atoms with Crippen molar-refractivity contribution in [3.05, 3.63) is 94.0 Å². The van der Waals surface area contributed by atoms with Gasteiger partial charge in [-0.15, -0.1) is 0 Å². The number of amides is 1. The molecule has 5 rings (SSSR count). The van der Waals surface area contributed by atoms with E-state index in [0.29, 0.717) is 11.3 Å². The number of anilines is 1. The normalized spacial score (nSPS) is 13.5. The van der Waals surface area contributed by atoms with Crippen LogP contribution in [0.2, 0.25) is 0 Å². The van der Waals surface area contributed by atoms with Gasteiger partial charge >= 0.3 is 5.97 Å². The van der Waals surface area contributed by atoms with Crippen molar-refractivity contribution < 1.29 is 28.7 Å². The Labute approximate surface area is 195 Å². The van der Waals surface area contributed by atoms with Crippen LogP contribution in [0.3, 0.4) is 0 Å². The number of rotatable bonds is 6. The average Bonchev–Trinajstić information content (AvgIpc) is 3.33. The van der Waals surface area contributed by atoms with Crippen molar-refractivity contribution in [1.82, 2.24) is 0 Å². The molecule has 0 fully saturated rings. The second-order valence-electron chi connectivity index (χ2n) is 8.21. The van der Waals surface area contributed by atoms with Gasteiger partial charge in [-0.1, -0.05) is 42.5 Å². The molecule has 0 heterocycles. The Morgan fingerprint density at radius 3 is 2.35 bits per heavy atom. The lowest BCUT2D eigenvalue weighted by Gasteiger charge is -2.20. The number of hydrogen-bond acceptors (Lipinski definition) is 6. The Morgan fingerprint density at radius 2 is 1.53 bits per heavy atom. The van der Waals surface area contributed by atoms with Crippen LogP contribution in [-0.4, -0.2) is 36.7 Å². The van der Waals surface area contributed by atoms with Gasteiger partial charge < -0.3 is 14.8 Å². The van der Waals surface area contributed by atoms with Crippen molar-refractivity contribution in [3.63, 3.8) is 0 Å². The molecule has 2 aliphatic carbocycles. The minimum Gasteiger partial charge on any atom is -0.482 e. The van der Waals surface area contributed by atoms with Gasteiger partial charge in [0.2, 0.25) is 0 Å². The molecule has 0 atom stereocenters. The van der Waals surface area contributed by atoms with Crippen molar-refractivity contribution in [2.45, 2.75) is 19.3 Å². The maximum atomic E-state index is 13.0. The number of carbonyl (C=O) groups is 4. The topological polar surface area (TPSA) is 98.8 Å². The fourth-order valence-corrected chi connectivity index (χ4v) is 4.40. The van der Waals surface area contributed by atoms with Gasteiger partial charge in [0.15, 0.2) is 24.8 Å². The lowest BCUT2D eigenvalue weighted by atomic mass is 9.83. The van der Waals surface area contributed by atoms with Crippen molar-refractivity contribution >= 4 is 29.1 Å². The van der Waals surface area contributed by atoms with Crippen LogP contribution in [-0.2, 0) is 27.2 Å². The zero-order chi connectivity index (χ0) is 23.7. The summed E-state index contributed by atoms with van der Waals surface area (Å²) in [6, 6.07) is 17.0. The fourth-order valence-electron chi connectivity index (χ4n) is 4.40.